The number of carbonyl (C=O) groups is 1. The lowest BCUT2D eigenvalue weighted by Crippen LogP contribution is -2.21. The Bertz CT molecular complexity index is 629. The van der Waals surface area contributed by atoms with Crippen molar-refractivity contribution in [2.75, 3.05) is 11.9 Å². The van der Waals surface area contributed by atoms with Crippen LogP contribution in [0.2, 0.25) is 0 Å². The summed E-state index contributed by atoms with van der Waals surface area (Å²) >= 11 is 0. The Morgan fingerprint density at radius 3 is 2.45 bits per heavy atom. The molecule has 1 heterocycles. The Kier molecular flexibility index (Phi) is 3.79. The molecule has 0 aliphatic rings. The molecule has 1 aromatic heterocycles. The second kappa shape index (κ2) is 5.36. The summed E-state index contributed by atoms with van der Waals surface area (Å²) < 4.78 is 1.62. The molecular formula is C15H19N3O2. The van der Waals surface area contributed by atoms with Crippen LogP contribution in [0.4, 0.5) is 5.82 Å². The molecule has 0 fully saturated rings. The number of rotatable bonds is 4. The zero-order chi connectivity index (χ0) is 14.9. The van der Waals surface area contributed by atoms with Crippen LogP contribution in [-0.2, 0) is 13.6 Å². The van der Waals surface area contributed by atoms with Crippen molar-refractivity contribution in [3.63, 3.8) is 0 Å². The van der Waals surface area contributed by atoms with Gasteiger partial charge in [0.05, 0.1) is 5.69 Å². The summed E-state index contributed by atoms with van der Waals surface area (Å²) in [5, 5.41) is 13.5. The molecular weight excluding hydrogens is 254 g/mol. The molecule has 1 aromatic carbocycles. The number of nitrogens with zero attached hydrogens (tertiary/aromatic N) is 3. The molecule has 0 atom stereocenters. The van der Waals surface area contributed by atoms with Crippen LogP contribution in [0.15, 0.2) is 24.3 Å². The van der Waals surface area contributed by atoms with Gasteiger partial charge < -0.3 is 10.0 Å². The third-order valence-electron chi connectivity index (χ3n) is 3.31. The van der Waals surface area contributed by atoms with Crippen molar-refractivity contribution in [2.45, 2.75) is 20.4 Å². The van der Waals surface area contributed by atoms with Gasteiger partial charge in [0.2, 0.25) is 0 Å². The Hall–Kier alpha value is -2.30. The number of aryl methyl sites for hydroxylation is 3. The largest absolute Gasteiger partial charge is 0.477 e. The van der Waals surface area contributed by atoms with Gasteiger partial charge in [0.25, 0.3) is 0 Å². The normalized spacial score (nSPS) is 10.6. The van der Waals surface area contributed by atoms with Gasteiger partial charge in [-0.15, -0.1) is 0 Å². The molecule has 1 N–H and O–H groups in total. The van der Waals surface area contributed by atoms with E-state index in [1.54, 1.807) is 18.7 Å². The van der Waals surface area contributed by atoms with E-state index in [4.69, 9.17) is 0 Å². The summed E-state index contributed by atoms with van der Waals surface area (Å²) in [5.74, 6) is -0.322. The monoisotopic (exact) mass is 273 g/mol. The van der Waals surface area contributed by atoms with Crippen LogP contribution in [0, 0.1) is 13.8 Å². The van der Waals surface area contributed by atoms with Crippen LogP contribution >= 0.6 is 0 Å². The molecule has 106 valence electrons. The average Bonchev–Trinajstić information content (AvgIpc) is 2.67. The number of hydrogen-bond acceptors (Lipinski definition) is 3. The highest BCUT2D eigenvalue weighted by molar-refractivity contribution is 5.94. The number of aromatic carboxylic acids is 1. The highest BCUT2D eigenvalue weighted by atomic mass is 16.4. The summed E-state index contributed by atoms with van der Waals surface area (Å²) in [6, 6.07) is 8.20. The van der Waals surface area contributed by atoms with Crippen LogP contribution in [0.1, 0.15) is 27.2 Å². The molecule has 2 rings (SSSR count). The third kappa shape index (κ3) is 2.66. The minimum Gasteiger partial charge on any atom is -0.477 e. The van der Waals surface area contributed by atoms with E-state index in [2.05, 4.69) is 29.4 Å². The maximum atomic E-state index is 11.4. The zero-order valence-electron chi connectivity index (χ0n) is 12.2. The molecule has 0 aliphatic carbocycles. The quantitative estimate of drug-likeness (QED) is 0.929. The summed E-state index contributed by atoms with van der Waals surface area (Å²) in [4.78, 5) is 13.3. The van der Waals surface area contributed by atoms with Gasteiger partial charge >= 0.3 is 5.97 Å². The van der Waals surface area contributed by atoms with Crippen molar-refractivity contribution in [1.82, 2.24) is 9.78 Å². The van der Waals surface area contributed by atoms with Crippen molar-refractivity contribution in [3.05, 3.63) is 46.6 Å². The lowest BCUT2D eigenvalue weighted by molar-refractivity contribution is 0.0696. The summed E-state index contributed by atoms with van der Waals surface area (Å²) in [5.41, 5.74) is 3.14. The number of anilines is 1. The van der Waals surface area contributed by atoms with Crippen LogP contribution in [0.5, 0.6) is 0 Å². The van der Waals surface area contributed by atoms with Crippen LogP contribution in [-0.4, -0.2) is 27.9 Å². The van der Waals surface area contributed by atoms with Crippen molar-refractivity contribution in [2.24, 2.45) is 7.05 Å². The van der Waals surface area contributed by atoms with Gasteiger partial charge in [-0.1, -0.05) is 29.8 Å². The molecule has 0 amide bonds. The number of hydrogen-bond donors (Lipinski definition) is 1. The van der Waals surface area contributed by atoms with Gasteiger partial charge in [0.1, 0.15) is 11.4 Å². The van der Waals surface area contributed by atoms with Gasteiger partial charge in [-0.3, -0.25) is 4.68 Å². The molecule has 0 aliphatic heterocycles. The van der Waals surface area contributed by atoms with E-state index in [0.29, 0.717) is 18.1 Å². The topological polar surface area (TPSA) is 58.4 Å². The molecule has 0 bridgehead atoms. The number of benzene rings is 1. The number of carboxylic acid groups (broad SMARTS) is 1. The van der Waals surface area contributed by atoms with Crippen molar-refractivity contribution in [3.8, 4) is 0 Å². The summed E-state index contributed by atoms with van der Waals surface area (Å²) in [7, 11) is 3.64. The molecule has 2 aromatic rings. The van der Waals surface area contributed by atoms with E-state index < -0.39 is 5.97 Å². The molecule has 0 saturated heterocycles. The van der Waals surface area contributed by atoms with Gasteiger partial charge in [-0.25, -0.2) is 4.79 Å². The fourth-order valence-corrected chi connectivity index (χ4v) is 2.38. The Balaban J connectivity index is 2.31. The molecule has 0 radical (unpaired) electrons. The fraction of sp³-hybridized carbons (Fsp3) is 0.333. The van der Waals surface area contributed by atoms with Crippen LogP contribution in [0.25, 0.3) is 0 Å². The van der Waals surface area contributed by atoms with Crippen LogP contribution < -0.4 is 4.90 Å². The third-order valence-corrected chi connectivity index (χ3v) is 3.31. The SMILES string of the molecule is Cc1ccc(CN(C)c2c(C(=O)O)c(C)nn2C)cc1. The lowest BCUT2D eigenvalue weighted by Gasteiger charge is -2.20. The highest BCUT2D eigenvalue weighted by Gasteiger charge is 2.22. The molecule has 0 saturated carbocycles. The summed E-state index contributed by atoms with van der Waals surface area (Å²) in [6.45, 7) is 4.40. The number of carboxylic acids is 1. The standard InChI is InChI=1S/C15H19N3O2/c1-10-5-7-12(8-6-10)9-17(3)14-13(15(19)20)11(2)16-18(14)4/h5-8H,9H2,1-4H3,(H,19,20). The number of aromatic nitrogens is 2. The first-order chi connectivity index (χ1) is 9.40. The molecule has 5 heteroatoms. The van der Waals surface area contributed by atoms with Gasteiger partial charge in [-0.05, 0) is 19.4 Å². The predicted molar refractivity (Wildman–Crippen MR) is 78.2 cm³/mol. The highest BCUT2D eigenvalue weighted by Crippen LogP contribution is 2.23. The lowest BCUT2D eigenvalue weighted by atomic mass is 10.1. The van der Waals surface area contributed by atoms with Gasteiger partial charge in [0.15, 0.2) is 0 Å². The first-order valence-electron chi connectivity index (χ1n) is 6.43. The van der Waals surface area contributed by atoms with E-state index in [-0.39, 0.29) is 5.56 Å². The predicted octanol–water partition coefficient (Wildman–Crippen LogP) is 2.37. The van der Waals surface area contributed by atoms with Crippen molar-refractivity contribution < 1.29 is 9.90 Å². The Labute approximate surface area is 118 Å². The maximum absolute atomic E-state index is 11.4. The van der Waals surface area contributed by atoms with E-state index >= 15 is 0 Å². The average molecular weight is 273 g/mol. The van der Waals surface area contributed by atoms with E-state index in [1.807, 2.05) is 18.9 Å². The molecule has 0 spiro atoms. The minimum absolute atomic E-state index is 0.266. The van der Waals surface area contributed by atoms with E-state index in [9.17, 15) is 9.90 Å². The fourth-order valence-electron chi connectivity index (χ4n) is 2.38. The van der Waals surface area contributed by atoms with Crippen molar-refractivity contribution >= 4 is 11.8 Å². The summed E-state index contributed by atoms with van der Waals surface area (Å²) in [6.07, 6.45) is 0. The first kappa shape index (κ1) is 14.1. The van der Waals surface area contributed by atoms with Gasteiger partial charge in [0, 0.05) is 20.6 Å². The second-order valence-corrected chi connectivity index (χ2v) is 5.05. The Morgan fingerprint density at radius 1 is 1.30 bits per heavy atom. The van der Waals surface area contributed by atoms with Gasteiger partial charge in [-0.2, -0.15) is 5.10 Å². The first-order valence-corrected chi connectivity index (χ1v) is 6.43. The second-order valence-electron chi connectivity index (χ2n) is 5.05. The molecule has 20 heavy (non-hydrogen) atoms. The maximum Gasteiger partial charge on any atom is 0.341 e. The van der Waals surface area contributed by atoms with Crippen LogP contribution in [0.3, 0.4) is 0 Å². The smallest absolute Gasteiger partial charge is 0.341 e. The Morgan fingerprint density at radius 2 is 1.90 bits per heavy atom. The molecule has 5 nitrogen and oxygen atoms in total. The minimum atomic E-state index is -0.943. The van der Waals surface area contributed by atoms with Crippen molar-refractivity contribution in [1.29, 1.82) is 0 Å². The zero-order valence-corrected chi connectivity index (χ0v) is 12.2. The van der Waals surface area contributed by atoms with E-state index in [1.165, 1.54) is 5.56 Å². The van der Waals surface area contributed by atoms with E-state index in [0.717, 1.165) is 5.56 Å². The molecule has 0 unspecified atom stereocenters.